The molecule has 1 aliphatic heterocycles. The average Bonchev–Trinajstić information content (AvgIpc) is 3.35. The van der Waals surface area contributed by atoms with E-state index >= 15 is 0 Å². The quantitative estimate of drug-likeness (QED) is 0.894. The minimum Gasteiger partial charge on any atom is -0.376 e. The fourth-order valence-electron chi connectivity index (χ4n) is 3.99. The molecule has 134 valence electrons. The van der Waals surface area contributed by atoms with E-state index < -0.39 is 0 Å². The number of ether oxygens (including phenoxy) is 1. The summed E-state index contributed by atoms with van der Waals surface area (Å²) in [7, 11) is 0. The van der Waals surface area contributed by atoms with Gasteiger partial charge in [0, 0.05) is 25.4 Å². The molecule has 2 aliphatic rings. The molecule has 7 nitrogen and oxygen atoms in total. The van der Waals surface area contributed by atoms with Gasteiger partial charge in [-0.05, 0) is 37.8 Å². The van der Waals surface area contributed by atoms with E-state index in [2.05, 4.69) is 10.3 Å². The number of fused-ring (bicyclic) bond motifs is 1. The maximum Gasteiger partial charge on any atom is 0.331 e. The zero-order valence-corrected chi connectivity index (χ0v) is 14.3. The van der Waals surface area contributed by atoms with Crippen LogP contribution in [-0.4, -0.2) is 39.3 Å². The second-order valence-electron chi connectivity index (χ2n) is 6.96. The van der Waals surface area contributed by atoms with E-state index in [-0.39, 0.29) is 30.3 Å². The van der Waals surface area contributed by atoms with Crippen molar-refractivity contribution < 1.29 is 9.53 Å². The molecule has 4 rings (SSSR count). The number of rotatable bonds is 5. The summed E-state index contributed by atoms with van der Waals surface area (Å²) in [5.74, 6) is -0.160. The molecule has 1 amide bonds. The van der Waals surface area contributed by atoms with Crippen molar-refractivity contribution in [2.75, 3.05) is 13.2 Å². The number of aromatic nitrogens is 3. The van der Waals surface area contributed by atoms with Crippen molar-refractivity contribution in [1.29, 1.82) is 0 Å². The van der Waals surface area contributed by atoms with Gasteiger partial charge in [-0.1, -0.05) is 12.8 Å². The number of hydrogen-bond donors (Lipinski definition) is 1. The molecule has 1 atom stereocenters. The number of imidazole rings is 1. The molecule has 0 aromatic carbocycles. The lowest BCUT2D eigenvalue weighted by atomic mass is 10.2. The topological polar surface area (TPSA) is 78.2 Å². The lowest BCUT2D eigenvalue weighted by Gasteiger charge is -2.11. The Bertz CT molecular complexity index is 813. The number of hydrogen-bond acceptors (Lipinski definition) is 4. The van der Waals surface area contributed by atoms with Gasteiger partial charge >= 0.3 is 5.69 Å². The Kier molecular flexibility index (Phi) is 4.57. The summed E-state index contributed by atoms with van der Waals surface area (Å²) < 4.78 is 8.86. The fourth-order valence-corrected chi connectivity index (χ4v) is 3.99. The number of carbonyl (C=O) groups excluding carboxylic acids is 1. The Hall–Kier alpha value is -2.15. The first-order valence-electron chi connectivity index (χ1n) is 9.18. The number of amides is 1. The molecule has 3 heterocycles. The highest BCUT2D eigenvalue weighted by Gasteiger charge is 2.25. The van der Waals surface area contributed by atoms with Crippen molar-refractivity contribution in [2.45, 2.75) is 57.2 Å². The van der Waals surface area contributed by atoms with Crippen LogP contribution in [0.5, 0.6) is 0 Å². The van der Waals surface area contributed by atoms with Crippen molar-refractivity contribution in [1.82, 2.24) is 19.4 Å². The predicted molar refractivity (Wildman–Crippen MR) is 93.5 cm³/mol. The standard InChI is InChI=1S/C18H24N4O3/c23-16(20-11-14-7-4-10-25-14)12-21-15-8-3-9-19-17(15)22(18(21)24)13-5-1-2-6-13/h3,8-9,13-14H,1-2,4-7,10-12H2,(H,20,23)/t14-/m1/s1. The highest BCUT2D eigenvalue weighted by molar-refractivity contribution is 5.79. The van der Waals surface area contributed by atoms with Crippen molar-refractivity contribution in [3.05, 3.63) is 28.8 Å². The monoisotopic (exact) mass is 344 g/mol. The van der Waals surface area contributed by atoms with E-state index in [1.54, 1.807) is 15.3 Å². The molecule has 1 N–H and O–H groups in total. The minimum absolute atomic E-state index is 0.0213. The Morgan fingerprint density at radius 3 is 2.88 bits per heavy atom. The predicted octanol–water partition coefficient (Wildman–Crippen LogP) is 1.61. The van der Waals surface area contributed by atoms with Gasteiger partial charge in [-0.2, -0.15) is 0 Å². The van der Waals surface area contributed by atoms with Crippen LogP contribution in [0.25, 0.3) is 11.2 Å². The van der Waals surface area contributed by atoms with Crippen LogP contribution in [0.15, 0.2) is 23.1 Å². The van der Waals surface area contributed by atoms with E-state index in [9.17, 15) is 9.59 Å². The van der Waals surface area contributed by atoms with Crippen LogP contribution in [0.2, 0.25) is 0 Å². The van der Waals surface area contributed by atoms with Gasteiger partial charge < -0.3 is 10.1 Å². The van der Waals surface area contributed by atoms with E-state index in [4.69, 9.17) is 4.74 Å². The molecule has 25 heavy (non-hydrogen) atoms. The number of carbonyl (C=O) groups is 1. The summed E-state index contributed by atoms with van der Waals surface area (Å²) in [6.07, 6.45) is 8.10. The Morgan fingerprint density at radius 1 is 1.28 bits per heavy atom. The number of nitrogens with zero attached hydrogens (tertiary/aromatic N) is 3. The molecule has 2 aromatic heterocycles. The van der Waals surface area contributed by atoms with E-state index in [1.165, 1.54) is 0 Å². The lowest BCUT2D eigenvalue weighted by molar-refractivity contribution is -0.122. The highest BCUT2D eigenvalue weighted by Crippen LogP contribution is 2.30. The number of nitrogens with one attached hydrogen (secondary N) is 1. The molecule has 0 spiro atoms. The van der Waals surface area contributed by atoms with Gasteiger partial charge in [-0.25, -0.2) is 9.78 Å². The van der Waals surface area contributed by atoms with Crippen LogP contribution >= 0.6 is 0 Å². The summed E-state index contributed by atoms with van der Waals surface area (Å²) in [4.78, 5) is 29.7. The van der Waals surface area contributed by atoms with Crippen molar-refractivity contribution in [2.24, 2.45) is 0 Å². The van der Waals surface area contributed by atoms with Crippen LogP contribution in [0.1, 0.15) is 44.6 Å². The Labute approximate surface area is 146 Å². The molecule has 0 bridgehead atoms. The zero-order chi connectivity index (χ0) is 17.2. The third kappa shape index (κ3) is 3.20. The third-order valence-electron chi connectivity index (χ3n) is 5.26. The zero-order valence-electron chi connectivity index (χ0n) is 14.3. The van der Waals surface area contributed by atoms with Crippen molar-refractivity contribution >= 4 is 17.1 Å². The lowest BCUT2D eigenvalue weighted by Crippen LogP contribution is -2.37. The molecule has 2 fully saturated rings. The average molecular weight is 344 g/mol. The SMILES string of the molecule is O=C(Cn1c(=O)n(C2CCCC2)c2ncccc21)NC[C@H]1CCCO1. The smallest absolute Gasteiger partial charge is 0.331 e. The van der Waals surface area contributed by atoms with Crippen LogP contribution < -0.4 is 11.0 Å². The second-order valence-corrected chi connectivity index (χ2v) is 6.96. The first-order chi connectivity index (χ1) is 12.2. The van der Waals surface area contributed by atoms with Crippen LogP contribution in [0.3, 0.4) is 0 Å². The van der Waals surface area contributed by atoms with Gasteiger partial charge in [0.15, 0.2) is 5.65 Å². The van der Waals surface area contributed by atoms with E-state index in [1.807, 2.05) is 12.1 Å². The molecule has 1 saturated carbocycles. The normalized spacial score (nSPS) is 21.2. The van der Waals surface area contributed by atoms with Gasteiger partial charge in [-0.15, -0.1) is 0 Å². The molecule has 7 heteroatoms. The summed E-state index contributed by atoms with van der Waals surface area (Å²) in [6.45, 7) is 1.29. The Balaban J connectivity index is 1.57. The van der Waals surface area contributed by atoms with Crippen molar-refractivity contribution in [3.63, 3.8) is 0 Å². The molecule has 0 radical (unpaired) electrons. The van der Waals surface area contributed by atoms with Crippen LogP contribution in [-0.2, 0) is 16.1 Å². The maximum atomic E-state index is 13.0. The Morgan fingerprint density at radius 2 is 2.12 bits per heavy atom. The summed E-state index contributed by atoms with van der Waals surface area (Å²) in [6, 6.07) is 3.87. The van der Waals surface area contributed by atoms with Crippen LogP contribution in [0.4, 0.5) is 0 Å². The summed E-state index contributed by atoms with van der Waals surface area (Å²) in [5.41, 5.74) is 1.28. The summed E-state index contributed by atoms with van der Waals surface area (Å²) in [5, 5.41) is 2.89. The molecular formula is C18H24N4O3. The van der Waals surface area contributed by atoms with Gasteiger partial charge in [0.1, 0.15) is 6.54 Å². The highest BCUT2D eigenvalue weighted by atomic mass is 16.5. The van der Waals surface area contributed by atoms with Gasteiger partial charge in [0.2, 0.25) is 5.91 Å². The molecule has 1 aliphatic carbocycles. The first-order valence-corrected chi connectivity index (χ1v) is 9.18. The second kappa shape index (κ2) is 7.00. The molecule has 0 unspecified atom stereocenters. The fraction of sp³-hybridized carbons (Fsp3) is 0.611. The van der Waals surface area contributed by atoms with Crippen molar-refractivity contribution in [3.8, 4) is 0 Å². The first kappa shape index (κ1) is 16.3. The minimum atomic E-state index is -0.160. The largest absolute Gasteiger partial charge is 0.376 e. The van der Waals surface area contributed by atoms with Gasteiger partial charge in [0.25, 0.3) is 0 Å². The van der Waals surface area contributed by atoms with E-state index in [0.29, 0.717) is 12.2 Å². The van der Waals surface area contributed by atoms with E-state index in [0.717, 1.165) is 50.6 Å². The maximum absolute atomic E-state index is 13.0. The third-order valence-corrected chi connectivity index (χ3v) is 5.26. The summed E-state index contributed by atoms with van der Waals surface area (Å²) >= 11 is 0. The molecular weight excluding hydrogens is 320 g/mol. The molecule has 1 saturated heterocycles. The molecule has 2 aromatic rings. The van der Waals surface area contributed by atoms with Gasteiger partial charge in [-0.3, -0.25) is 13.9 Å². The van der Waals surface area contributed by atoms with Gasteiger partial charge in [0.05, 0.1) is 11.6 Å². The number of pyridine rings is 1. The van der Waals surface area contributed by atoms with Crippen LogP contribution in [0, 0.1) is 0 Å².